The molecule has 0 aliphatic rings. The van der Waals surface area contributed by atoms with Crippen molar-refractivity contribution in [3.8, 4) is 5.75 Å². The third kappa shape index (κ3) is 6.09. The summed E-state index contributed by atoms with van der Waals surface area (Å²) in [6, 6.07) is 15.8. The molecule has 1 heterocycles. The number of anilines is 1. The van der Waals surface area contributed by atoms with Crippen molar-refractivity contribution in [2.45, 2.75) is 44.9 Å². The number of para-hydroxylation sites is 1. The third-order valence-electron chi connectivity index (χ3n) is 4.68. The van der Waals surface area contributed by atoms with Crippen LogP contribution in [0, 0.1) is 6.92 Å². The molecule has 1 atom stereocenters. The maximum absolute atomic E-state index is 12.2. The quantitative estimate of drug-likeness (QED) is 0.489. The lowest BCUT2D eigenvalue weighted by atomic mass is 9.99. The van der Waals surface area contributed by atoms with Gasteiger partial charge >= 0.3 is 0 Å². The largest absolute Gasteiger partial charge is 0.485 e. The number of carbonyl (C=O) groups excluding carboxylic acids is 1. The summed E-state index contributed by atoms with van der Waals surface area (Å²) in [5.74, 6) is 2.11. The van der Waals surface area contributed by atoms with Crippen molar-refractivity contribution in [2.75, 3.05) is 11.1 Å². The SMILES string of the molecule is CC[C@@H](C)c1ccc(NC(=O)CSc2n[nH]c(COc3ccccc3C)n2)cc1. The number of rotatable bonds is 9. The predicted octanol–water partition coefficient (Wildman–Crippen LogP) is 4.94. The maximum Gasteiger partial charge on any atom is 0.234 e. The Labute approximate surface area is 175 Å². The topological polar surface area (TPSA) is 79.9 Å². The number of thioether (sulfide) groups is 1. The van der Waals surface area contributed by atoms with Gasteiger partial charge < -0.3 is 10.1 Å². The molecule has 0 bridgehead atoms. The van der Waals surface area contributed by atoms with Crippen LogP contribution < -0.4 is 10.1 Å². The molecule has 6 nitrogen and oxygen atoms in total. The first-order valence-electron chi connectivity index (χ1n) is 9.67. The molecule has 0 aliphatic heterocycles. The number of carbonyl (C=O) groups is 1. The van der Waals surface area contributed by atoms with E-state index < -0.39 is 0 Å². The molecule has 0 saturated heterocycles. The first-order chi connectivity index (χ1) is 14.0. The van der Waals surface area contributed by atoms with E-state index >= 15 is 0 Å². The van der Waals surface area contributed by atoms with Crippen LogP contribution in [0.5, 0.6) is 5.75 Å². The van der Waals surface area contributed by atoms with E-state index in [4.69, 9.17) is 4.74 Å². The van der Waals surface area contributed by atoms with Crippen LogP contribution in [0.2, 0.25) is 0 Å². The number of aromatic amines is 1. The number of hydrogen-bond acceptors (Lipinski definition) is 5. The van der Waals surface area contributed by atoms with E-state index in [0.717, 1.165) is 23.4 Å². The van der Waals surface area contributed by atoms with Crippen LogP contribution in [-0.2, 0) is 11.4 Å². The zero-order valence-corrected chi connectivity index (χ0v) is 17.8. The van der Waals surface area contributed by atoms with Gasteiger partial charge in [-0.2, -0.15) is 0 Å². The number of hydrogen-bond donors (Lipinski definition) is 2. The van der Waals surface area contributed by atoms with Gasteiger partial charge in [0.15, 0.2) is 5.82 Å². The van der Waals surface area contributed by atoms with Gasteiger partial charge in [0.2, 0.25) is 11.1 Å². The lowest BCUT2D eigenvalue weighted by molar-refractivity contribution is -0.113. The Balaban J connectivity index is 1.45. The molecule has 7 heteroatoms. The number of aromatic nitrogens is 3. The molecule has 2 aromatic carbocycles. The fourth-order valence-electron chi connectivity index (χ4n) is 2.73. The number of amides is 1. The Morgan fingerprint density at radius 1 is 1.21 bits per heavy atom. The molecule has 2 N–H and O–H groups in total. The van der Waals surface area contributed by atoms with Gasteiger partial charge in [0.1, 0.15) is 12.4 Å². The average molecular weight is 411 g/mol. The third-order valence-corrected chi connectivity index (χ3v) is 5.52. The second-order valence-electron chi connectivity index (χ2n) is 6.89. The van der Waals surface area contributed by atoms with E-state index in [1.807, 2.05) is 43.3 Å². The zero-order chi connectivity index (χ0) is 20.6. The highest BCUT2D eigenvalue weighted by atomic mass is 32.2. The van der Waals surface area contributed by atoms with Crippen molar-refractivity contribution >= 4 is 23.4 Å². The highest BCUT2D eigenvalue weighted by molar-refractivity contribution is 7.99. The van der Waals surface area contributed by atoms with Crippen LogP contribution in [-0.4, -0.2) is 26.8 Å². The molecule has 0 fully saturated rings. The average Bonchev–Trinajstić information content (AvgIpc) is 3.19. The van der Waals surface area contributed by atoms with Gasteiger partial charge in [0.25, 0.3) is 0 Å². The van der Waals surface area contributed by atoms with Crippen LogP contribution in [0.3, 0.4) is 0 Å². The van der Waals surface area contributed by atoms with Crippen molar-refractivity contribution in [1.29, 1.82) is 0 Å². The van der Waals surface area contributed by atoms with E-state index in [9.17, 15) is 4.79 Å². The van der Waals surface area contributed by atoms with Crippen molar-refractivity contribution in [3.05, 3.63) is 65.5 Å². The van der Waals surface area contributed by atoms with Crippen LogP contribution in [0.15, 0.2) is 53.7 Å². The molecule has 29 heavy (non-hydrogen) atoms. The molecule has 1 aromatic heterocycles. The number of ether oxygens (including phenoxy) is 1. The minimum atomic E-state index is -0.0891. The number of nitrogens with zero attached hydrogens (tertiary/aromatic N) is 2. The summed E-state index contributed by atoms with van der Waals surface area (Å²) in [6.07, 6.45) is 1.09. The zero-order valence-electron chi connectivity index (χ0n) is 16.9. The molecule has 0 unspecified atom stereocenters. The monoisotopic (exact) mass is 410 g/mol. The predicted molar refractivity (Wildman–Crippen MR) is 116 cm³/mol. The number of H-pyrrole nitrogens is 1. The lowest BCUT2D eigenvalue weighted by Gasteiger charge is -2.10. The molecule has 3 aromatic rings. The van der Waals surface area contributed by atoms with E-state index in [1.54, 1.807) is 0 Å². The summed E-state index contributed by atoms with van der Waals surface area (Å²) in [5, 5.41) is 10.4. The van der Waals surface area contributed by atoms with Gasteiger partial charge in [-0.25, -0.2) is 4.98 Å². The number of benzene rings is 2. The normalized spacial score (nSPS) is 11.8. The fraction of sp³-hybridized carbons (Fsp3) is 0.318. The van der Waals surface area contributed by atoms with Gasteiger partial charge in [-0.05, 0) is 48.6 Å². The summed E-state index contributed by atoms with van der Waals surface area (Å²) in [7, 11) is 0. The van der Waals surface area contributed by atoms with Crippen LogP contribution in [0.1, 0.15) is 43.1 Å². The summed E-state index contributed by atoms with van der Waals surface area (Å²) < 4.78 is 5.75. The van der Waals surface area contributed by atoms with Gasteiger partial charge in [-0.1, -0.05) is 55.9 Å². The molecule has 0 saturated carbocycles. The van der Waals surface area contributed by atoms with Gasteiger partial charge in [0, 0.05) is 5.69 Å². The van der Waals surface area contributed by atoms with Gasteiger partial charge in [-0.3, -0.25) is 9.89 Å². The minimum absolute atomic E-state index is 0.0891. The van der Waals surface area contributed by atoms with Crippen molar-refractivity contribution < 1.29 is 9.53 Å². The Hall–Kier alpha value is -2.80. The summed E-state index contributed by atoms with van der Waals surface area (Å²) in [6.45, 7) is 6.66. The Morgan fingerprint density at radius 3 is 2.69 bits per heavy atom. The number of nitrogens with one attached hydrogen (secondary N) is 2. The molecular formula is C22H26N4O2S. The number of aryl methyl sites for hydroxylation is 1. The summed E-state index contributed by atoms with van der Waals surface area (Å²) >= 11 is 1.28. The summed E-state index contributed by atoms with van der Waals surface area (Å²) in [5.41, 5.74) is 3.14. The second-order valence-corrected chi connectivity index (χ2v) is 7.83. The van der Waals surface area contributed by atoms with Crippen molar-refractivity contribution in [2.24, 2.45) is 0 Å². The highest BCUT2D eigenvalue weighted by Crippen LogP contribution is 2.21. The Bertz CT molecular complexity index is 940. The van der Waals surface area contributed by atoms with Gasteiger partial charge in [-0.15, -0.1) is 5.10 Å². The molecular weight excluding hydrogens is 384 g/mol. The highest BCUT2D eigenvalue weighted by Gasteiger charge is 2.10. The van der Waals surface area contributed by atoms with E-state index in [1.165, 1.54) is 17.3 Å². The Morgan fingerprint density at radius 2 is 1.97 bits per heavy atom. The van der Waals surface area contributed by atoms with Gasteiger partial charge in [0.05, 0.1) is 5.75 Å². The van der Waals surface area contributed by atoms with E-state index in [0.29, 0.717) is 23.5 Å². The van der Waals surface area contributed by atoms with Crippen molar-refractivity contribution in [1.82, 2.24) is 15.2 Å². The van der Waals surface area contributed by atoms with E-state index in [2.05, 4.69) is 46.5 Å². The second kappa shape index (κ2) is 10.1. The standard InChI is InChI=1S/C22H26N4O2S/c1-4-15(2)17-9-11-18(12-10-17)23-21(27)14-29-22-24-20(25-26-22)13-28-19-8-6-5-7-16(19)3/h5-12,15H,4,13-14H2,1-3H3,(H,23,27)(H,24,25,26)/t15-/m1/s1. The fourth-order valence-corrected chi connectivity index (χ4v) is 3.35. The molecule has 3 rings (SSSR count). The molecule has 0 spiro atoms. The summed E-state index contributed by atoms with van der Waals surface area (Å²) in [4.78, 5) is 16.6. The molecule has 152 valence electrons. The van der Waals surface area contributed by atoms with Crippen LogP contribution in [0.4, 0.5) is 5.69 Å². The minimum Gasteiger partial charge on any atom is -0.485 e. The first kappa shape index (κ1) is 20.9. The van der Waals surface area contributed by atoms with Crippen LogP contribution in [0.25, 0.3) is 0 Å². The molecule has 1 amide bonds. The smallest absolute Gasteiger partial charge is 0.234 e. The lowest BCUT2D eigenvalue weighted by Crippen LogP contribution is -2.14. The molecule has 0 aliphatic carbocycles. The van der Waals surface area contributed by atoms with E-state index in [-0.39, 0.29) is 11.7 Å². The molecule has 0 radical (unpaired) electrons. The first-order valence-corrected chi connectivity index (χ1v) is 10.7. The van der Waals surface area contributed by atoms with Crippen molar-refractivity contribution in [3.63, 3.8) is 0 Å². The maximum atomic E-state index is 12.2. The van der Waals surface area contributed by atoms with Crippen LogP contribution >= 0.6 is 11.8 Å². The Kier molecular flexibility index (Phi) is 7.30.